The molecule has 1 fully saturated rings. The van der Waals surface area contributed by atoms with E-state index in [2.05, 4.69) is 6.07 Å². The molecule has 2 aliphatic heterocycles. The molecule has 156 valence electrons. The van der Waals surface area contributed by atoms with Gasteiger partial charge in [0.1, 0.15) is 18.9 Å². The first kappa shape index (κ1) is 18.7. The average Bonchev–Trinajstić information content (AvgIpc) is 3.21. The van der Waals surface area contributed by atoms with E-state index < -0.39 is 4.92 Å². The zero-order chi connectivity index (χ0) is 20.9. The zero-order valence-electron chi connectivity index (χ0n) is 16.6. The van der Waals surface area contributed by atoms with Crippen molar-refractivity contribution in [3.8, 4) is 11.5 Å². The van der Waals surface area contributed by atoms with E-state index in [1.54, 1.807) is 11.0 Å². The number of nitrogen functional groups attached to an aromatic ring is 1. The van der Waals surface area contributed by atoms with E-state index in [1.165, 1.54) is 17.7 Å². The van der Waals surface area contributed by atoms with Gasteiger partial charge in [-0.25, -0.2) is 0 Å². The summed E-state index contributed by atoms with van der Waals surface area (Å²) < 4.78 is 11.6. The molecule has 0 unspecified atom stereocenters. The van der Waals surface area contributed by atoms with Gasteiger partial charge in [-0.05, 0) is 48.2 Å². The molecule has 0 bridgehead atoms. The number of ether oxygens (including phenoxy) is 2. The predicted molar refractivity (Wildman–Crippen MR) is 110 cm³/mol. The Kier molecular flexibility index (Phi) is 4.30. The summed E-state index contributed by atoms with van der Waals surface area (Å²) in [5.41, 5.74) is 7.99. The molecule has 0 saturated heterocycles. The van der Waals surface area contributed by atoms with Crippen LogP contribution in [0.5, 0.6) is 11.5 Å². The Morgan fingerprint density at radius 1 is 1.10 bits per heavy atom. The van der Waals surface area contributed by atoms with Crippen LogP contribution < -0.4 is 15.2 Å². The number of carbonyl (C=O) groups is 1. The molecule has 2 aromatic carbocycles. The van der Waals surface area contributed by atoms with Gasteiger partial charge in [0.2, 0.25) is 0 Å². The molecule has 0 atom stereocenters. The molecule has 3 aliphatic rings. The number of anilines is 1. The molecule has 1 saturated carbocycles. The summed E-state index contributed by atoms with van der Waals surface area (Å²) in [7, 11) is 0. The number of nitrogens with two attached hydrogens (primary N) is 1. The fourth-order valence-electron chi connectivity index (χ4n) is 5.11. The van der Waals surface area contributed by atoms with E-state index in [1.807, 2.05) is 6.07 Å². The molecule has 2 aromatic rings. The lowest BCUT2D eigenvalue weighted by Gasteiger charge is -2.43. The van der Waals surface area contributed by atoms with Crippen molar-refractivity contribution in [3.05, 3.63) is 57.1 Å². The molecule has 1 spiro atoms. The van der Waals surface area contributed by atoms with Crippen molar-refractivity contribution in [2.45, 2.75) is 37.6 Å². The predicted octanol–water partition coefficient (Wildman–Crippen LogP) is 3.42. The van der Waals surface area contributed by atoms with Crippen molar-refractivity contribution in [2.75, 3.05) is 25.5 Å². The zero-order valence-corrected chi connectivity index (χ0v) is 16.6. The van der Waals surface area contributed by atoms with Gasteiger partial charge in [0.15, 0.2) is 11.5 Å². The minimum absolute atomic E-state index is 0.0524. The third-order valence-electron chi connectivity index (χ3n) is 6.52. The summed E-state index contributed by atoms with van der Waals surface area (Å²) in [4.78, 5) is 25.8. The summed E-state index contributed by atoms with van der Waals surface area (Å²) in [6.45, 7) is 2.08. The third kappa shape index (κ3) is 2.94. The van der Waals surface area contributed by atoms with Crippen LogP contribution in [0, 0.1) is 10.1 Å². The van der Waals surface area contributed by atoms with Gasteiger partial charge in [0.25, 0.3) is 11.6 Å². The van der Waals surface area contributed by atoms with Crippen molar-refractivity contribution in [1.29, 1.82) is 0 Å². The Bertz CT molecular complexity index is 1050. The maximum atomic E-state index is 13.3. The summed E-state index contributed by atoms with van der Waals surface area (Å²) in [6, 6.07) is 8.36. The highest BCUT2D eigenvalue weighted by Crippen LogP contribution is 2.49. The molecule has 2 N–H and O–H groups in total. The van der Waals surface area contributed by atoms with Gasteiger partial charge < -0.3 is 20.1 Å². The Labute approximate surface area is 173 Å². The van der Waals surface area contributed by atoms with Crippen LogP contribution in [0.1, 0.15) is 47.2 Å². The standard InChI is InChI=1S/C22H23N3O5/c23-17-4-3-14(9-18(17)25(27)28)21(26)24-12-15-10-19-20(30-8-7-29-19)11-16(15)22(13-24)5-1-2-6-22/h3-4,9-11H,1-2,5-8,12-13,23H2. The van der Waals surface area contributed by atoms with Crippen molar-refractivity contribution in [1.82, 2.24) is 4.90 Å². The average molecular weight is 409 g/mol. The van der Waals surface area contributed by atoms with Crippen LogP contribution >= 0.6 is 0 Å². The smallest absolute Gasteiger partial charge is 0.292 e. The molecule has 1 amide bonds. The van der Waals surface area contributed by atoms with Crippen LogP contribution in [0.4, 0.5) is 11.4 Å². The Balaban J connectivity index is 1.53. The number of carbonyl (C=O) groups excluding carboxylic acids is 1. The second-order valence-electron chi connectivity index (χ2n) is 8.33. The number of nitro benzene ring substituents is 1. The molecular weight excluding hydrogens is 386 g/mol. The Morgan fingerprint density at radius 2 is 1.80 bits per heavy atom. The number of hydrogen-bond acceptors (Lipinski definition) is 6. The lowest BCUT2D eigenvalue weighted by Crippen LogP contribution is -2.46. The first-order valence-corrected chi connectivity index (χ1v) is 10.2. The number of amides is 1. The van der Waals surface area contributed by atoms with Crippen LogP contribution in [-0.2, 0) is 12.0 Å². The molecule has 0 aromatic heterocycles. The molecule has 5 rings (SSSR count). The van der Waals surface area contributed by atoms with Crippen LogP contribution in [0.15, 0.2) is 30.3 Å². The van der Waals surface area contributed by atoms with Crippen LogP contribution in [0.2, 0.25) is 0 Å². The van der Waals surface area contributed by atoms with Gasteiger partial charge >= 0.3 is 0 Å². The highest BCUT2D eigenvalue weighted by Gasteiger charge is 2.44. The number of rotatable bonds is 2. The summed E-state index contributed by atoms with van der Waals surface area (Å²) in [5, 5.41) is 11.3. The summed E-state index contributed by atoms with van der Waals surface area (Å²) >= 11 is 0. The third-order valence-corrected chi connectivity index (χ3v) is 6.52. The van der Waals surface area contributed by atoms with E-state index in [0.717, 1.165) is 37.0 Å². The van der Waals surface area contributed by atoms with Crippen LogP contribution in [-0.4, -0.2) is 35.5 Å². The SMILES string of the molecule is Nc1ccc(C(=O)N2Cc3cc4c(cc3C3(CCCC3)C2)OCCO4)cc1[N+](=O)[O-]. The second kappa shape index (κ2) is 6.90. The highest BCUT2D eigenvalue weighted by molar-refractivity contribution is 5.96. The van der Waals surface area contributed by atoms with Crippen molar-refractivity contribution in [2.24, 2.45) is 0 Å². The van der Waals surface area contributed by atoms with Crippen LogP contribution in [0.3, 0.4) is 0 Å². The topological polar surface area (TPSA) is 108 Å². The van der Waals surface area contributed by atoms with Crippen molar-refractivity contribution in [3.63, 3.8) is 0 Å². The number of hydrogen-bond donors (Lipinski definition) is 1. The normalized spacial score (nSPS) is 18.9. The second-order valence-corrected chi connectivity index (χ2v) is 8.33. The van der Waals surface area contributed by atoms with E-state index >= 15 is 0 Å². The first-order chi connectivity index (χ1) is 14.5. The maximum Gasteiger partial charge on any atom is 0.292 e. The molecule has 8 nitrogen and oxygen atoms in total. The lowest BCUT2D eigenvalue weighted by molar-refractivity contribution is -0.383. The Hall–Kier alpha value is -3.29. The molecule has 2 heterocycles. The quantitative estimate of drug-likeness (QED) is 0.463. The largest absolute Gasteiger partial charge is 0.486 e. The number of nitrogens with zero attached hydrogens (tertiary/aromatic N) is 2. The van der Waals surface area contributed by atoms with Crippen LogP contribution in [0.25, 0.3) is 0 Å². The van der Waals surface area contributed by atoms with Crippen molar-refractivity contribution >= 4 is 17.3 Å². The van der Waals surface area contributed by atoms with Gasteiger partial charge in [0, 0.05) is 30.1 Å². The number of nitro groups is 1. The number of benzene rings is 2. The fraction of sp³-hybridized carbons (Fsp3) is 0.409. The minimum atomic E-state index is -0.556. The molecule has 1 aliphatic carbocycles. The monoisotopic (exact) mass is 409 g/mol. The van der Waals surface area contributed by atoms with Gasteiger partial charge in [-0.3, -0.25) is 14.9 Å². The van der Waals surface area contributed by atoms with E-state index in [0.29, 0.717) is 32.1 Å². The van der Waals surface area contributed by atoms with E-state index in [4.69, 9.17) is 15.2 Å². The van der Waals surface area contributed by atoms with Gasteiger partial charge in [-0.2, -0.15) is 0 Å². The van der Waals surface area contributed by atoms with Crippen molar-refractivity contribution < 1.29 is 19.2 Å². The summed E-state index contributed by atoms with van der Waals surface area (Å²) in [6.07, 6.45) is 4.24. The highest BCUT2D eigenvalue weighted by atomic mass is 16.6. The minimum Gasteiger partial charge on any atom is -0.486 e. The maximum absolute atomic E-state index is 13.3. The number of fused-ring (bicyclic) bond motifs is 3. The van der Waals surface area contributed by atoms with E-state index in [9.17, 15) is 14.9 Å². The first-order valence-electron chi connectivity index (χ1n) is 10.2. The molecular formula is C22H23N3O5. The van der Waals surface area contributed by atoms with Gasteiger partial charge in [-0.15, -0.1) is 0 Å². The van der Waals surface area contributed by atoms with E-state index in [-0.39, 0.29) is 28.3 Å². The summed E-state index contributed by atoms with van der Waals surface area (Å²) in [5.74, 6) is 1.27. The lowest BCUT2D eigenvalue weighted by atomic mass is 9.73. The molecule has 0 radical (unpaired) electrons. The van der Waals surface area contributed by atoms with Gasteiger partial charge in [-0.1, -0.05) is 12.8 Å². The molecule has 30 heavy (non-hydrogen) atoms. The fourth-order valence-corrected chi connectivity index (χ4v) is 5.11. The van der Waals surface area contributed by atoms with Gasteiger partial charge in [0.05, 0.1) is 4.92 Å². The Morgan fingerprint density at radius 3 is 2.50 bits per heavy atom. The molecule has 8 heteroatoms.